The largest absolute Gasteiger partial charge is 0.379 e. The minimum atomic E-state index is -0.00723. The molecule has 1 heterocycles. The summed E-state index contributed by atoms with van der Waals surface area (Å²) in [5, 5.41) is 8.30. The average molecular weight is 213 g/mol. The molecule has 0 aromatic heterocycles. The Labute approximate surface area is 91.1 Å². The van der Waals surface area contributed by atoms with Crippen molar-refractivity contribution in [1.82, 2.24) is 0 Å². The standard InChI is InChI=1S/C11H19NO3/c12-6-2-1-3-7-13-9-10-15-11-5-4-8-14-11/h11H,1-5,7-10H2. The van der Waals surface area contributed by atoms with Gasteiger partial charge < -0.3 is 14.2 Å². The maximum atomic E-state index is 8.30. The summed E-state index contributed by atoms with van der Waals surface area (Å²) in [7, 11) is 0. The number of nitriles is 1. The highest BCUT2D eigenvalue weighted by atomic mass is 16.7. The Bertz CT molecular complexity index is 185. The van der Waals surface area contributed by atoms with E-state index in [0.717, 1.165) is 38.9 Å². The average Bonchev–Trinajstić information content (AvgIpc) is 2.75. The topological polar surface area (TPSA) is 51.5 Å². The van der Waals surface area contributed by atoms with Gasteiger partial charge in [0.05, 0.1) is 19.3 Å². The quantitative estimate of drug-likeness (QED) is 0.577. The van der Waals surface area contributed by atoms with E-state index >= 15 is 0 Å². The van der Waals surface area contributed by atoms with Crippen molar-refractivity contribution < 1.29 is 14.2 Å². The van der Waals surface area contributed by atoms with Crippen LogP contribution in [0, 0.1) is 11.3 Å². The van der Waals surface area contributed by atoms with Gasteiger partial charge in [0.2, 0.25) is 0 Å². The lowest BCUT2D eigenvalue weighted by Gasteiger charge is -2.10. The summed E-state index contributed by atoms with van der Waals surface area (Å²) >= 11 is 0. The Morgan fingerprint density at radius 1 is 1.27 bits per heavy atom. The molecule has 86 valence electrons. The molecule has 0 aliphatic carbocycles. The van der Waals surface area contributed by atoms with Crippen LogP contribution in [0.25, 0.3) is 0 Å². The second-order valence-electron chi connectivity index (χ2n) is 3.54. The molecule has 0 saturated carbocycles. The van der Waals surface area contributed by atoms with Gasteiger partial charge >= 0.3 is 0 Å². The second-order valence-corrected chi connectivity index (χ2v) is 3.54. The Hall–Kier alpha value is -0.630. The van der Waals surface area contributed by atoms with Crippen molar-refractivity contribution in [3.8, 4) is 6.07 Å². The molecule has 1 atom stereocenters. The molecular formula is C11H19NO3. The van der Waals surface area contributed by atoms with Crippen molar-refractivity contribution in [2.24, 2.45) is 0 Å². The van der Waals surface area contributed by atoms with Crippen LogP contribution in [0.2, 0.25) is 0 Å². The van der Waals surface area contributed by atoms with E-state index < -0.39 is 0 Å². The molecule has 15 heavy (non-hydrogen) atoms. The van der Waals surface area contributed by atoms with Gasteiger partial charge in [-0.25, -0.2) is 0 Å². The Morgan fingerprint density at radius 3 is 2.93 bits per heavy atom. The van der Waals surface area contributed by atoms with Gasteiger partial charge in [0.1, 0.15) is 0 Å². The molecule has 4 nitrogen and oxygen atoms in total. The van der Waals surface area contributed by atoms with Crippen LogP contribution in [0.4, 0.5) is 0 Å². The number of ether oxygens (including phenoxy) is 3. The third-order valence-electron chi connectivity index (χ3n) is 2.25. The second kappa shape index (κ2) is 8.66. The van der Waals surface area contributed by atoms with E-state index in [9.17, 15) is 0 Å². The van der Waals surface area contributed by atoms with Crippen molar-refractivity contribution in [2.75, 3.05) is 26.4 Å². The van der Waals surface area contributed by atoms with Gasteiger partial charge in [0.25, 0.3) is 0 Å². The van der Waals surface area contributed by atoms with Crippen molar-refractivity contribution in [3.63, 3.8) is 0 Å². The van der Waals surface area contributed by atoms with E-state index in [1.54, 1.807) is 0 Å². The molecule has 1 unspecified atom stereocenters. The highest BCUT2D eigenvalue weighted by molar-refractivity contribution is 4.67. The van der Waals surface area contributed by atoms with E-state index in [4.69, 9.17) is 19.5 Å². The van der Waals surface area contributed by atoms with Gasteiger partial charge in [-0.15, -0.1) is 0 Å². The zero-order valence-electron chi connectivity index (χ0n) is 9.11. The van der Waals surface area contributed by atoms with Gasteiger partial charge in [-0.3, -0.25) is 0 Å². The van der Waals surface area contributed by atoms with Crippen LogP contribution >= 0.6 is 0 Å². The highest BCUT2D eigenvalue weighted by Gasteiger charge is 2.14. The fraction of sp³-hybridized carbons (Fsp3) is 0.909. The smallest absolute Gasteiger partial charge is 0.157 e. The molecule has 1 aliphatic rings. The maximum Gasteiger partial charge on any atom is 0.157 e. The molecule has 1 rings (SSSR count). The monoisotopic (exact) mass is 213 g/mol. The lowest BCUT2D eigenvalue weighted by molar-refractivity contribution is -0.121. The summed E-state index contributed by atoms with van der Waals surface area (Å²) in [5.74, 6) is 0. The molecule has 0 N–H and O–H groups in total. The third-order valence-corrected chi connectivity index (χ3v) is 2.25. The van der Waals surface area contributed by atoms with E-state index in [-0.39, 0.29) is 6.29 Å². The number of nitrogens with zero attached hydrogens (tertiary/aromatic N) is 1. The normalized spacial score (nSPS) is 20.3. The molecule has 0 aromatic carbocycles. The van der Waals surface area contributed by atoms with E-state index in [0.29, 0.717) is 19.6 Å². The van der Waals surface area contributed by atoms with Gasteiger partial charge in [0, 0.05) is 26.1 Å². The number of unbranched alkanes of at least 4 members (excludes halogenated alkanes) is 2. The molecule has 0 amide bonds. The molecule has 0 aromatic rings. The van der Waals surface area contributed by atoms with Crippen LogP contribution in [-0.2, 0) is 14.2 Å². The number of rotatable bonds is 8. The van der Waals surface area contributed by atoms with Crippen LogP contribution in [-0.4, -0.2) is 32.7 Å². The molecule has 0 radical (unpaired) electrons. The Kier molecular flexibility index (Phi) is 7.18. The summed E-state index contributed by atoms with van der Waals surface area (Å²) in [6.45, 7) is 2.76. The Balaban J connectivity index is 1.75. The third kappa shape index (κ3) is 6.45. The van der Waals surface area contributed by atoms with Crippen LogP contribution in [0.5, 0.6) is 0 Å². The molecule has 1 aliphatic heterocycles. The molecule has 4 heteroatoms. The minimum Gasteiger partial charge on any atom is -0.379 e. The van der Waals surface area contributed by atoms with Gasteiger partial charge in [-0.2, -0.15) is 5.26 Å². The fourth-order valence-electron chi connectivity index (χ4n) is 1.43. The lowest BCUT2D eigenvalue weighted by atomic mass is 10.3. The first-order valence-electron chi connectivity index (χ1n) is 5.61. The summed E-state index contributed by atoms with van der Waals surface area (Å²) in [4.78, 5) is 0. The molecule has 1 saturated heterocycles. The maximum absolute atomic E-state index is 8.30. The van der Waals surface area contributed by atoms with E-state index in [2.05, 4.69) is 6.07 Å². The summed E-state index contributed by atoms with van der Waals surface area (Å²) in [5.41, 5.74) is 0. The first-order valence-corrected chi connectivity index (χ1v) is 5.61. The van der Waals surface area contributed by atoms with Crippen LogP contribution in [0.3, 0.4) is 0 Å². The SMILES string of the molecule is N#CCCCCOCCOC1CCCO1. The fourth-order valence-corrected chi connectivity index (χ4v) is 1.43. The zero-order valence-corrected chi connectivity index (χ0v) is 9.11. The van der Waals surface area contributed by atoms with Crippen molar-refractivity contribution >= 4 is 0 Å². The van der Waals surface area contributed by atoms with Crippen LogP contribution < -0.4 is 0 Å². The summed E-state index contributed by atoms with van der Waals surface area (Å²) in [6, 6.07) is 2.11. The van der Waals surface area contributed by atoms with Crippen LogP contribution in [0.1, 0.15) is 32.1 Å². The first-order chi connectivity index (χ1) is 7.43. The van der Waals surface area contributed by atoms with Crippen molar-refractivity contribution in [1.29, 1.82) is 5.26 Å². The van der Waals surface area contributed by atoms with Crippen molar-refractivity contribution in [2.45, 2.75) is 38.4 Å². The molecular weight excluding hydrogens is 194 g/mol. The number of hydrogen-bond acceptors (Lipinski definition) is 4. The predicted molar refractivity (Wildman–Crippen MR) is 55.2 cm³/mol. The predicted octanol–water partition coefficient (Wildman–Crippen LogP) is 1.85. The van der Waals surface area contributed by atoms with Gasteiger partial charge in [-0.1, -0.05) is 0 Å². The van der Waals surface area contributed by atoms with Gasteiger partial charge in [-0.05, 0) is 19.3 Å². The highest BCUT2D eigenvalue weighted by Crippen LogP contribution is 2.12. The summed E-state index contributed by atoms with van der Waals surface area (Å²) < 4.78 is 16.1. The van der Waals surface area contributed by atoms with Crippen LogP contribution in [0.15, 0.2) is 0 Å². The van der Waals surface area contributed by atoms with Gasteiger partial charge in [0.15, 0.2) is 6.29 Å². The molecule has 0 spiro atoms. The first kappa shape index (κ1) is 12.4. The summed E-state index contributed by atoms with van der Waals surface area (Å²) in [6.07, 6.45) is 4.58. The van der Waals surface area contributed by atoms with E-state index in [1.807, 2.05) is 0 Å². The lowest BCUT2D eigenvalue weighted by Crippen LogP contribution is -2.14. The molecule has 0 bridgehead atoms. The Morgan fingerprint density at radius 2 is 2.20 bits per heavy atom. The molecule has 1 fully saturated rings. The van der Waals surface area contributed by atoms with Crippen molar-refractivity contribution in [3.05, 3.63) is 0 Å². The minimum absolute atomic E-state index is 0.00723. The van der Waals surface area contributed by atoms with E-state index in [1.165, 1.54) is 0 Å². The zero-order chi connectivity index (χ0) is 10.8. The number of hydrogen-bond donors (Lipinski definition) is 0.